The Bertz CT molecular complexity index is 1240. The maximum absolute atomic E-state index is 13.6. The second-order valence-corrected chi connectivity index (χ2v) is 10.7. The minimum atomic E-state index is -0.561. The van der Waals surface area contributed by atoms with E-state index in [4.69, 9.17) is 4.74 Å². The highest BCUT2D eigenvalue weighted by Gasteiger charge is 2.33. The van der Waals surface area contributed by atoms with E-state index in [1.807, 2.05) is 77.0 Å². The number of nitrogens with zero attached hydrogens (tertiary/aromatic N) is 2. The predicted octanol–water partition coefficient (Wildman–Crippen LogP) is 5.13. The van der Waals surface area contributed by atoms with E-state index in [1.165, 1.54) is 5.56 Å². The number of hydrogen-bond acceptors (Lipinski definition) is 4. The van der Waals surface area contributed by atoms with Gasteiger partial charge < -0.3 is 14.5 Å². The van der Waals surface area contributed by atoms with E-state index in [1.54, 1.807) is 0 Å². The number of aryl methyl sites for hydroxylation is 1. The van der Waals surface area contributed by atoms with Crippen molar-refractivity contribution < 1.29 is 14.3 Å². The zero-order valence-electron chi connectivity index (χ0n) is 20.9. The van der Waals surface area contributed by atoms with E-state index in [9.17, 15) is 9.59 Å². The minimum Gasteiger partial charge on any atom is -0.481 e. The fourth-order valence-electron chi connectivity index (χ4n) is 5.13. The van der Waals surface area contributed by atoms with Gasteiger partial charge in [-0.2, -0.15) is 11.8 Å². The average Bonchev–Trinajstić information content (AvgIpc) is 2.92. The number of rotatable bonds is 5. The summed E-state index contributed by atoms with van der Waals surface area (Å²) in [6, 6.07) is 23.7. The average molecular weight is 501 g/mol. The first-order valence-electron chi connectivity index (χ1n) is 12.6. The molecule has 1 saturated heterocycles. The maximum Gasteiger partial charge on any atom is 0.263 e. The summed E-state index contributed by atoms with van der Waals surface area (Å²) < 4.78 is 6.18. The van der Waals surface area contributed by atoms with Crippen LogP contribution in [-0.4, -0.2) is 58.9 Å². The topological polar surface area (TPSA) is 49.9 Å². The molecule has 0 saturated carbocycles. The van der Waals surface area contributed by atoms with Crippen molar-refractivity contribution in [3.8, 4) is 5.75 Å². The van der Waals surface area contributed by atoms with Gasteiger partial charge in [0.1, 0.15) is 5.75 Å². The summed E-state index contributed by atoms with van der Waals surface area (Å²) in [7, 11) is 0. The number of carbonyl (C=O) groups excluding carboxylic acids is 2. The second kappa shape index (κ2) is 10.8. The summed E-state index contributed by atoms with van der Waals surface area (Å²) in [6.07, 6.45) is 0.213. The van der Waals surface area contributed by atoms with Crippen molar-refractivity contribution in [2.24, 2.45) is 0 Å². The van der Waals surface area contributed by atoms with Gasteiger partial charge in [0.15, 0.2) is 6.10 Å². The third-order valence-electron chi connectivity index (χ3n) is 6.97. The Kier molecular flexibility index (Phi) is 7.33. The number of thioether (sulfide) groups is 1. The van der Waals surface area contributed by atoms with E-state index in [2.05, 4.69) is 31.2 Å². The SMILES string of the molecule is Cc1cccc([C@@H]2c3cc(O[C@@H](C)C(=O)N4CCSCC4)ccc3CCN2C(=O)c2ccccc2)c1. The molecule has 5 nitrogen and oxygen atoms in total. The Morgan fingerprint density at radius 2 is 1.72 bits per heavy atom. The number of amides is 2. The Balaban J connectivity index is 1.47. The van der Waals surface area contributed by atoms with Gasteiger partial charge in [-0.15, -0.1) is 0 Å². The smallest absolute Gasteiger partial charge is 0.263 e. The van der Waals surface area contributed by atoms with Crippen molar-refractivity contribution in [1.29, 1.82) is 0 Å². The molecular formula is C30H32N2O3S. The molecule has 186 valence electrons. The summed E-state index contributed by atoms with van der Waals surface area (Å²) >= 11 is 1.88. The molecule has 0 radical (unpaired) electrons. The normalized spacial score (nSPS) is 18.3. The lowest BCUT2D eigenvalue weighted by Crippen LogP contribution is -2.44. The molecule has 6 heteroatoms. The molecule has 3 aromatic carbocycles. The van der Waals surface area contributed by atoms with Gasteiger partial charge in [-0.3, -0.25) is 9.59 Å². The van der Waals surface area contributed by atoms with Crippen LogP contribution in [0.5, 0.6) is 5.75 Å². The molecule has 5 rings (SSSR count). The highest BCUT2D eigenvalue weighted by atomic mass is 32.2. The Labute approximate surface area is 217 Å². The third kappa shape index (κ3) is 5.14. The molecule has 0 spiro atoms. The minimum absolute atomic E-state index is 0.0191. The molecule has 1 fully saturated rings. The van der Waals surface area contributed by atoms with Crippen LogP contribution in [0.4, 0.5) is 0 Å². The van der Waals surface area contributed by atoms with Gasteiger partial charge in [-0.1, -0.05) is 54.1 Å². The number of benzene rings is 3. The summed E-state index contributed by atoms with van der Waals surface area (Å²) in [4.78, 5) is 30.5. The standard InChI is InChI=1S/C30H32N2O3S/c1-21-7-6-10-25(19-21)28-27-20-26(35-22(2)29(33)31-15-17-36-18-16-31)12-11-23(27)13-14-32(28)30(34)24-8-4-3-5-9-24/h3-12,19-20,22,28H,13-18H2,1-2H3/t22-,28+/m0/s1. The molecule has 3 aromatic rings. The van der Waals surface area contributed by atoms with Crippen LogP contribution in [0.25, 0.3) is 0 Å². The number of ether oxygens (including phenoxy) is 1. The molecule has 0 N–H and O–H groups in total. The molecule has 0 aromatic heterocycles. The summed E-state index contributed by atoms with van der Waals surface area (Å²) in [5, 5.41) is 0. The lowest BCUT2D eigenvalue weighted by atomic mass is 9.87. The summed E-state index contributed by atoms with van der Waals surface area (Å²) in [6.45, 7) is 6.08. The van der Waals surface area contributed by atoms with Gasteiger partial charge in [-0.25, -0.2) is 0 Å². The largest absolute Gasteiger partial charge is 0.481 e. The van der Waals surface area contributed by atoms with Crippen LogP contribution in [0.1, 0.15) is 45.6 Å². The van der Waals surface area contributed by atoms with Gasteiger partial charge in [-0.05, 0) is 61.2 Å². The van der Waals surface area contributed by atoms with Crippen molar-refractivity contribution in [1.82, 2.24) is 9.80 Å². The van der Waals surface area contributed by atoms with E-state index >= 15 is 0 Å². The molecule has 2 atom stereocenters. The monoisotopic (exact) mass is 500 g/mol. The van der Waals surface area contributed by atoms with Gasteiger partial charge in [0.2, 0.25) is 0 Å². The number of hydrogen-bond donors (Lipinski definition) is 0. The van der Waals surface area contributed by atoms with Crippen molar-refractivity contribution in [3.63, 3.8) is 0 Å². The van der Waals surface area contributed by atoms with Crippen LogP contribution >= 0.6 is 11.8 Å². The quantitative estimate of drug-likeness (QED) is 0.488. The first-order valence-corrected chi connectivity index (χ1v) is 13.8. The number of fused-ring (bicyclic) bond motifs is 1. The third-order valence-corrected chi connectivity index (χ3v) is 7.91. The molecule has 0 aliphatic carbocycles. The Morgan fingerprint density at radius 1 is 0.944 bits per heavy atom. The summed E-state index contributed by atoms with van der Waals surface area (Å²) in [5.41, 5.74) is 5.18. The van der Waals surface area contributed by atoms with E-state index in [-0.39, 0.29) is 17.9 Å². The Morgan fingerprint density at radius 3 is 2.47 bits per heavy atom. The first kappa shape index (κ1) is 24.4. The number of carbonyl (C=O) groups is 2. The Hall–Kier alpha value is -3.25. The van der Waals surface area contributed by atoms with Crippen LogP contribution in [0.2, 0.25) is 0 Å². The molecule has 2 aliphatic heterocycles. The van der Waals surface area contributed by atoms with Crippen molar-refractivity contribution in [2.45, 2.75) is 32.4 Å². The molecule has 2 aliphatic rings. The van der Waals surface area contributed by atoms with E-state index < -0.39 is 6.10 Å². The lowest BCUT2D eigenvalue weighted by molar-refractivity contribution is -0.137. The zero-order valence-corrected chi connectivity index (χ0v) is 21.7. The van der Waals surface area contributed by atoms with Gasteiger partial charge in [0.25, 0.3) is 11.8 Å². The molecule has 36 heavy (non-hydrogen) atoms. The highest BCUT2D eigenvalue weighted by molar-refractivity contribution is 7.99. The van der Waals surface area contributed by atoms with Gasteiger partial charge in [0, 0.05) is 36.7 Å². The predicted molar refractivity (Wildman–Crippen MR) is 145 cm³/mol. The van der Waals surface area contributed by atoms with Gasteiger partial charge in [0.05, 0.1) is 6.04 Å². The van der Waals surface area contributed by atoms with Crippen LogP contribution in [0.15, 0.2) is 72.8 Å². The van der Waals surface area contributed by atoms with Crippen molar-refractivity contribution in [3.05, 3.63) is 101 Å². The second-order valence-electron chi connectivity index (χ2n) is 9.49. The molecular weight excluding hydrogens is 468 g/mol. The van der Waals surface area contributed by atoms with E-state index in [0.29, 0.717) is 17.9 Å². The molecule has 0 bridgehead atoms. The van der Waals surface area contributed by atoms with Crippen molar-refractivity contribution in [2.75, 3.05) is 31.1 Å². The molecule has 0 unspecified atom stereocenters. The molecule has 2 amide bonds. The van der Waals surface area contributed by atoms with Crippen LogP contribution in [0, 0.1) is 6.92 Å². The van der Waals surface area contributed by atoms with E-state index in [0.717, 1.165) is 47.7 Å². The first-order chi connectivity index (χ1) is 17.5. The van der Waals surface area contributed by atoms with Crippen LogP contribution < -0.4 is 4.74 Å². The highest BCUT2D eigenvalue weighted by Crippen LogP contribution is 2.38. The summed E-state index contributed by atoms with van der Waals surface area (Å²) in [5.74, 6) is 2.66. The zero-order chi connectivity index (χ0) is 25.1. The fraction of sp³-hybridized carbons (Fsp3) is 0.333. The van der Waals surface area contributed by atoms with Gasteiger partial charge >= 0.3 is 0 Å². The van der Waals surface area contributed by atoms with Crippen molar-refractivity contribution >= 4 is 23.6 Å². The van der Waals surface area contributed by atoms with Crippen LogP contribution in [0.3, 0.4) is 0 Å². The molecule has 2 heterocycles. The lowest BCUT2D eigenvalue weighted by Gasteiger charge is -2.38. The maximum atomic E-state index is 13.6. The fourth-order valence-corrected chi connectivity index (χ4v) is 6.03. The van der Waals surface area contributed by atoms with Crippen LogP contribution in [-0.2, 0) is 11.2 Å².